The van der Waals surface area contributed by atoms with Gasteiger partial charge >= 0.3 is 0 Å². The van der Waals surface area contributed by atoms with Gasteiger partial charge in [-0.05, 0) is 31.4 Å². The van der Waals surface area contributed by atoms with Crippen LogP contribution in [0.4, 0.5) is 0 Å². The van der Waals surface area contributed by atoms with Gasteiger partial charge in [0.15, 0.2) is 0 Å². The van der Waals surface area contributed by atoms with Gasteiger partial charge in [-0.3, -0.25) is 4.90 Å². The predicted molar refractivity (Wildman–Crippen MR) is 84.9 cm³/mol. The van der Waals surface area contributed by atoms with E-state index >= 15 is 0 Å². The van der Waals surface area contributed by atoms with E-state index in [0.29, 0.717) is 0 Å². The van der Waals surface area contributed by atoms with E-state index in [0.717, 1.165) is 38.4 Å². The molecule has 4 nitrogen and oxygen atoms in total. The van der Waals surface area contributed by atoms with Gasteiger partial charge in [0.2, 0.25) is 0 Å². The summed E-state index contributed by atoms with van der Waals surface area (Å²) in [5, 5.41) is 3.51. The van der Waals surface area contributed by atoms with Crippen LogP contribution in [-0.2, 0) is 19.5 Å². The second-order valence-electron chi connectivity index (χ2n) is 6.39. The first-order valence-corrected chi connectivity index (χ1v) is 7.66. The Bertz CT molecular complexity index is 574. The normalized spacial score (nSPS) is 15.9. The first-order chi connectivity index (χ1) is 10.1. The molecule has 0 amide bonds. The van der Waals surface area contributed by atoms with Crippen LogP contribution in [0.2, 0.25) is 0 Å². The highest BCUT2D eigenvalue weighted by atomic mass is 15.2. The molecule has 0 bridgehead atoms. The summed E-state index contributed by atoms with van der Waals surface area (Å²) in [6.45, 7) is 8.56. The summed E-state index contributed by atoms with van der Waals surface area (Å²) in [7, 11) is 0. The minimum atomic E-state index is 0.139. The minimum Gasteiger partial charge on any atom is -0.348 e. The average Bonchev–Trinajstić information content (AvgIpc) is 3.00. The summed E-state index contributed by atoms with van der Waals surface area (Å²) >= 11 is 0. The van der Waals surface area contributed by atoms with Gasteiger partial charge in [0.05, 0.1) is 6.54 Å². The zero-order chi connectivity index (χ0) is 14.7. The van der Waals surface area contributed by atoms with Crippen LogP contribution in [0.5, 0.6) is 0 Å². The van der Waals surface area contributed by atoms with Gasteiger partial charge in [0.25, 0.3) is 0 Å². The molecular weight excluding hydrogens is 260 g/mol. The summed E-state index contributed by atoms with van der Waals surface area (Å²) < 4.78 is 0. The highest BCUT2D eigenvalue weighted by molar-refractivity contribution is 5.29. The van der Waals surface area contributed by atoms with E-state index < -0.39 is 0 Å². The van der Waals surface area contributed by atoms with Crippen molar-refractivity contribution in [3.05, 3.63) is 53.6 Å². The Balaban J connectivity index is 1.58. The third-order valence-electron chi connectivity index (χ3n) is 4.39. The average molecular weight is 284 g/mol. The molecule has 0 fully saturated rings. The molecule has 1 aliphatic rings. The monoisotopic (exact) mass is 284 g/mol. The predicted octanol–water partition coefficient (Wildman–Crippen LogP) is 2.34. The summed E-state index contributed by atoms with van der Waals surface area (Å²) in [6.07, 6.45) is 4.81. The molecule has 0 unspecified atom stereocenters. The molecule has 2 N–H and O–H groups in total. The number of aromatic amines is 1. The van der Waals surface area contributed by atoms with E-state index in [1.165, 1.54) is 11.1 Å². The molecule has 1 aliphatic heterocycles. The van der Waals surface area contributed by atoms with Crippen molar-refractivity contribution in [3.8, 4) is 0 Å². The van der Waals surface area contributed by atoms with Gasteiger partial charge in [0, 0.05) is 37.6 Å². The number of fused-ring (bicyclic) bond motifs is 1. The molecule has 0 saturated carbocycles. The maximum absolute atomic E-state index is 4.25. The number of hydrogen-bond acceptors (Lipinski definition) is 3. The first-order valence-electron chi connectivity index (χ1n) is 7.66. The third kappa shape index (κ3) is 3.34. The third-order valence-corrected chi connectivity index (χ3v) is 4.39. The number of nitrogens with zero attached hydrogens (tertiary/aromatic N) is 2. The van der Waals surface area contributed by atoms with Crippen LogP contribution < -0.4 is 5.32 Å². The number of imidazole rings is 1. The standard InChI is InChI=1S/C17H24N4/c1-17(2,13-18-11-16-19-8-9-20-16)21-10-7-14-5-3-4-6-15(14)12-21/h3-6,8-9,18H,7,10-13H2,1-2H3,(H,19,20). The van der Waals surface area contributed by atoms with Gasteiger partial charge in [-0.1, -0.05) is 24.3 Å². The number of nitrogens with one attached hydrogen (secondary N) is 2. The zero-order valence-electron chi connectivity index (χ0n) is 12.9. The molecule has 2 heterocycles. The molecule has 0 saturated heterocycles. The van der Waals surface area contributed by atoms with E-state index in [-0.39, 0.29) is 5.54 Å². The van der Waals surface area contributed by atoms with Crippen LogP contribution in [-0.4, -0.2) is 33.5 Å². The largest absolute Gasteiger partial charge is 0.348 e. The van der Waals surface area contributed by atoms with E-state index in [2.05, 4.69) is 58.3 Å². The fraction of sp³-hybridized carbons (Fsp3) is 0.471. The van der Waals surface area contributed by atoms with Crippen LogP contribution in [0.3, 0.4) is 0 Å². The van der Waals surface area contributed by atoms with Crippen LogP contribution in [0, 0.1) is 0 Å². The fourth-order valence-corrected chi connectivity index (χ4v) is 3.01. The molecular formula is C17H24N4. The van der Waals surface area contributed by atoms with Crippen molar-refractivity contribution >= 4 is 0 Å². The summed E-state index contributed by atoms with van der Waals surface area (Å²) in [4.78, 5) is 9.95. The smallest absolute Gasteiger partial charge is 0.120 e. The van der Waals surface area contributed by atoms with Crippen LogP contribution in [0.15, 0.2) is 36.7 Å². The quantitative estimate of drug-likeness (QED) is 0.885. The van der Waals surface area contributed by atoms with Gasteiger partial charge in [-0.15, -0.1) is 0 Å². The second-order valence-corrected chi connectivity index (χ2v) is 6.39. The lowest BCUT2D eigenvalue weighted by atomic mass is 9.94. The van der Waals surface area contributed by atoms with Crippen molar-refractivity contribution in [1.82, 2.24) is 20.2 Å². The highest BCUT2D eigenvalue weighted by Crippen LogP contribution is 2.24. The van der Waals surface area contributed by atoms with Crippen LogP contribution in [0.1, 0.15) is 30.8 Å². The van der Waals surface area contributed by atoms with Crippen molar-refractivity contribution in [1.29, 1.82) is 0 Å². The molecule has 0 spiro atoms. The number of hydrogen-bond donors (Lipinski definition) is 2. The van der Waals surface area contributed by atoms with Crippen molar-refractivity contribution in [2.24, 2.45) is 0 Å². The Hall–Kier alpha value is -1.65. The van der Waals surface area contributed by atoms with Crippen molar-refractivity contribution < 1.29 is 0 Å². The number of rotatable bonds is 5. The first kappa shape index (κ1) is 14.3. The van der Waals surface area contributed by atoms with Crippen molar-refractivity contribution in [2.45, 2.75) is 38.9 Å². The van der Waals surface area contributed by atoms with Crippen molar-refractivity contribution in [2.75, 3.05) is 13.1 Å². The SMILES string of the molecule is CC(C)(CNCc1ncc[nH]1)N1CCc2ccccc2C1. The Kier molecular flexibility index (Phi) is 4.08. The van der Waals surface area contributed by atoms with Crippen LogP contribution >= 0.6 is 0 Å². The Morgan fingerprint density at radius 2 is 2.10 bits per heavy atom. The Morgan fingerprint density at radius 1 is 1.29 bits per heavy atom. The second kappa shape index (κ2) is 6.00. The zero-order valence-corrected chi connectivity index (χ0v) is 12.9. The number of benzene rings is 1. The molecule has 3 rings (SSSR count). The van der Waals surface area contributed by atoms with Gasteiger partial charge in [0.1, 0.15) is 5.82 Å². The van der Waals surface area contributed by atoms with Crippen molar-refractivity contribution in [3.63, 3.8) is 0 Å². The van der Waals surface area contributed by atoms with E-state index in [1.807, 2.05) is 6.20 Å². The molecule has 4 heteroatoms. The molecule has 0 atom stereocenters. The summed E-state index contributed by atoms with van der Waals surface area (Å²) in [6, 6.07) is 8.80. The number of H-pyrrole nitrogens is 1. The molecule has 0 aliphatic carbocycles. The lowest BCUT2D eigenvalue weighted by molar-refractivity contribution is 0.102. The lowest BCUT2D eigenvalue weighted by Gasteiger charge is -2.41. The maximum atomic E-state index is 4.25. The maximum Gasteiger partial charge on any atom is 0.120 e. The molecule has 1 aromatic carbocycles. The number of aromatic nitrogens is 2. The summed E-state index contributed by atoms with van der Waals surface area (Å²) in [5.74, 6) is 0.995. The Labute approximate surface area is 126 Å². The summed E-state index contributed by atoms with van der Waals surface area (Å²) in [5.41, 5.74) is 3.12. The van der Waals surface area contributed by atoms with Gasteiger partial charge in [-0.2, -0.15) is 0 Å². The molecule has 2 aromatic rings. The minimum absolute atomic E-state index is 0.139. The highest BCUT2D eigenvalue weighted by Gasteiger charge is 2.29. The van der Waals surface area contributed by atoms with Crippen LogP contribution in [0.25, 0.3) is 0 Å². The topological polar surface area (TPSA) is 44.0 Å². The molecule has 1 aromatic heterocycles. The molecule has 112 valence electrons. The van der Waals surface area contributed by atoms with Gasteiger partial charge < -0.3 is 10.3 Å². The van der Waals surface area contributed by atoms with E-state index in [9.17, 15) is 0 Å². The molecule has 21 heavy (non-hydrogen) atoms. The fourth-order valence-electron chi connectivity index (χ4n) is 3.01. The Morgan fingerprint density at radius 3 is 2.86 bits per heavy atom. The van der Waals surface area contributed by atoms with E-state index in [1.54, 1.807) is 6.20 Å². The lowest BCUT2D eigenvalue weighted by Crippen LogP contribution is -2.52. The van der Waals surface area contributed by atoms with Gasteiger partial charge in [-0.25, -0.2) is 4.98 Å². The van der Waals surface area contributed by atoms with E-state index in [4.69, 9.17) is 0 Å². The molecule has 0 radical (unpaired) electrons.